The van der Waals surface area contributed by atoms with Crippen molar-refractivity contribution in [1.82, 2.24) is 15.0 Å². The molecule has 0 radical (unpaired) electrons. The summed E-state index contributed by atoms with van der Waals surface area (Å²) >= 11 is 0. The molecule has 0 saturated heterocycles. The molecule has 2 heterocycles. The zero-order valence-corrected chi connectivity index (χ0v) is 11.4. The highest BCUT2D eigenvalue weighted by molar-refractivity contribution is 5.80. The first-order valence-electron chi connectivity index (χ1n) is 6.29. The Hall–Kier alpha value is -2.63. The standard InChI is InChI=1S/C15H11F2N3O/c1-7-8(2)18-4-3-10(7)14-19-12-6-9(16)5-11(17)13(12)15(21)20-14/h3-6H,1-2H3,(H,19,20,21). The summed E-state index contributed by atoms with van der Waals surface area (Å²) < 4.78 is 27.0. The van der Waals surface area contributed by atoms with E-state index in [2.05, 4.69) is 15.0 Å². The van der Waals surface area contributed by atoms with Gasteiger partial charge < -0.3 is 4.98 Å². The number of hydrogen-bond acceptors (Lipinski definition) is 3. The third kappa shape index (κ3) is 2.18. The molecule has 1 aromatic carbocycles. The SMILES string of the molecule is Cc1nccc(-c2nc3cc(F)cc(F)c3c(=O)[nH]2)c1C. The molecule has 0 spiro atoms. The van der Waals surface area contributed by atoms with Crippen LogP contribution in [0.25, 0.3) is 22.3 Å². The second-order valence-corrected chi connectivity index (χ2v) is 4.77. The molecular formula is C15H11F2N3O. The first kappa shape index (κ1) is 13.4. The fraction of sp³-hybridized carbons (Fsp3) is 0.133. The second kappa shape index (κ2) is 4.73. The number of aryl methyl sites for hydroxylation is 1. The summed E-state index contributed by atoms with van der Waals surface area (Å²) in [6, 6.07) is 3.41. The fourth-order valence-electron chi connectivity index (χ4n) is 2.22. The van der Waals surface area contributed by atoms with Crippen molar-refractivity contribution in [2.45, 2.75) is 13.8 Å². The Bertz CT molecular complexity index is 919. The molecule has 4 nitrogen and oxygen atoms in total. The minimum absolute atomic E-state index is 0.0138. The average molecular weight is 287 g/mol. The van der Waals surface area contributed by atoms with Crippen LogP contribution in [0.15, 0.2) is 29.2 Å². The molecule has 0 amide bonds. The Kier molecular flexibility index (Phi) is 3.01. The normalized spacial score (nSPS) is 11.0. The molecule has 0 aliphatic heterocycles. The first-order chi connectivity index (χ1) is 9.97. The van der Waals surface area contributed by atoms with Crippen molar-refractivity contribution in [3.05, 3.63) is 57.6 Å². The Balaban J connectivity index is 2.36. The van der Waals surface area contributed by atoms with Crippen LogP contribution in [0.3, 0.4) is 0 Å². The van der Waals surface area contributed by atoms with E-state index in [-0.39, 0.29) is 16.7 Å². The lowest BCUT2D eigenvalue weighted by atomic mass is 10.1. The Morgan fingerprint density at radius 3 is 2.71 bits per heavy atom. The molecular weight excluding hydrogens is 276 g/mol. The topological polar surface area (TPSA) is 58.6 Å². The Morgan fingerprint density at radius 2 is 1.95 bits per heavy atom. The van der Waals surface area contributed by atoms with Crippen molar-refractivity contribution in [1.29, 1.82) is 0 Å². The number of hydrogen-bond donors (Lipinski definition) is 1. The minimum atomic E-state index is -0.923. The second-order valence-electron chi connectivity index (χ2n) is 4.77. The van der Waals surface area contributed by atoms with Gasteiger partial charge in [0.2, 0.25) is 0 Å². The number of H-pyrrole nitrogens is 1. The van der Waals surface area contributed by atoms with Gasteiger partial charge in [-0.1, -0.05) is 0 Å². The fourth-order valence-corrected chi connectivity index (χ4v) is 2.22. The highest BCUT2D eigenvalue weighted by Crippen LogP contribution is 2.22. The van der Waals surface area contributed by atoms with Crippen molar-refractivity contribution < 1.29 is 8.78 Å². The van der Waals surface area contributed by atoms with Crippen LogP contribution in [0, 0.1) is 25.5 Å². The lowest BCUT2D eigenvalue weighted by Gasteiger charge is -2.08. The third-order valence-electron chi connectivity index (χ3n) is 3.44. The Morgan fingerprint density at radius 1 is 1.19 bits per heavy atom. The molecule has 0 fully saturated rings. The molecule has 0 unspecified atom stereocenters. The molecule has 0 saturated carbocycles. The van der Waals surface area contributed by atoms with E-state index in [0.717, 1.165) is 17.3 Å². The first-order valence-corrected chi connectivity index (χ1v) is 6.29. The van der Waals surface area contributed by atoms with Crippen LogP contribution in [0.2, 0.25) is 0 Å². The number of fused-ring (bicyclic) bond motifs is 1. The molecule has 3 rings (SSSR count). The zero-order chi connectivity index (χ0) is 15.1. The van der Waals surface area contributed by atoms with E-state index in [1.165, 1.54) is 0 Å². The Labute approximate surface area is 118 Å². The summed E-state index contributed by atoms with van der Waals surface area (Å²) in [6.07, 6.45) is 1.59. The predicted molar refractivity (Wildman–Crippen MR) is 75.0 cm³/mol. The van der Waals surface area contributed by atoms with Crippen LogP contribution < -0.4 is 5.56 Å². The molecule has 0 bridgehead atoms. The molecule has 106 valence electrons. The maximum absolute atomic E-state index is 13.7. The molecule has 3 aromatic rings. The van der Waals surface area contributed by atoms with Crippen LogP contribution in [0.1, 0.15) is 11.3 Å². The number of rotatable bonds is 1. The van der Waals surface area contributed by atoms with Gasteiger partial charge in [0, 0.05) is 29.6 Å². The summed E-state index contributed by atoms with van der Waals surface area (Å²) in [5, 5.41) is -0.247. The monoisotopic (exact) mass is 287 g/mol. The van der Waals surface area contributed by atoms with Gasteiger partial charge in [0.15, 0.2) is 0 Å². The van der Waals surface area contributed by atoms with Gasteiger partial charge in [0.25, 0.3) is 5.56 Å². The van der Waals surface area contributed by atoms with Crippen LogP contribution in [-0.2, 0) is 0 Å². The van der Waals surface area contributed by atoms with Crippen LogP contribution in [-0.4, -0.2) is 15.0 Å². The quantitative estimate of drug-likeness (QED) is 0.748. The molecule has 2 aromatic heterocycles. The molecule has 0 aliphatic rings. The van der Waals surface area contributed by atoms with Crippen molar-refractivity contribution in [3.8, 4) is 11.4 Å². The smallest absolute Gasteiger partial charge is 0.262 e. The zero-order valence-electron chi connectivity index (χ0n) is 11.4. The lowest BCUT2D eigenvalue weighted by molar-refractivity contribution is 0.591. The van der Waals surface area contributed by atoms with Crippen molar-refractivity contribution in [3.63, 3.8) is 0 Å². The summed E-state index contributed by atoms with van der Waals surface area (Å²) in [5.41, 5.74) is 1.66. The van der Waals surface area contributed by atoms with Crippen molar-refractivity contribution in [2.24, 2.45) is 0 Å². The van der Waals surface area contributed by atoms with Crippen LogP contribution in [0.5, 0.6) is 0 Å². The van der Waals surface area contributed by atoms with Gasteiger partial charge in [0.05, 0.1) is 5.52 Å². The van der Waals surface area contributed by atoms with Gasteiger partial charge in [-0.3, -0.25) is 9.78 Å². The number of aromatic nitrogens is 3. The lowest BCUT2D eigenvalue weighted by Crippen LogP contribution is -2.12. The third-order valence-corrected chi connectivity index (χ3v) is 3.44. The highest BCUT2D eigenvalue weighted by Gasteiger charge is 2.13. The van der Waals surface area contributed by atoms with Crippen LogP contribution >= 0.6 is 0 Å². The van der Waals surface area contributed by atoms with Crippen LogP contribution in [0.4, 0.5) is 8.78 Å². The number of pyridine rings is 1. The summed E-state index contributed by atoms with van der Waals surface area (Å²) in [6.45, 7) is 3.67. The minimum Gasteiger partial charge on any atom is -0.306 e. The van der Waals surface area contributed by atoms with Gasteiger partial charge in [-0.2, -0.15) is 0 Å². The highest BCUT2D eigenvalue weighted by atomic mass is 19.1. The number of nitrogens with one attached hydrogen (secondary N) is 1. The molecule has 21 heavy (non-hydrogen) atoms. The predicted octanol–water partition coefficient (Wildman–Crippen LogP) is 2.88. The molecule has 1 N–H and O–H groups in total. The maximum Gasteiger partial charge on any atom is 0.262 e. The van der Waals surface area contributed by atoms with Gasteiger partial charge in [-0.25, -0.2) is 13.8 Å². The molecule has 0 atom stereocenters. The molecule has 0 aliphatic carbocycles. The number of aromatic amines is 1. The maximum atomic E-state index is 13.7. The number of halogens is 2. The van der Waals surface area contributed by atoms with E-state index in [0.29, 0.717) is 11.6 Å². The van der Waals surface area contributed by atoms with Gasteiger partial charge >= 0.3 is 0 Å². The van der Waals surface area contributed by atoms with E-state index in [4.69, 9.17) is 0 Å². The van der Waals surface area contributed by atoms with Gasteiger partial charge in [0.1, 0.15) is 22.8 Å². The van der Waals surface area contributed by atoms with Gasteiger partial charge in [-0.15, -0.1) is 0 Å². The van der Waals surface area contributed by atoms with Crippen molar-refractivity contribution >= 4 is 10.9 Å². The van der Waals surface area contributed by atoms with Gasteiger partial charge in [-0.05, 0) is 25.5 Å². The number of benzene rings is 1. The van der Waals surface area contributed by atoms with E-state index < -0.39 is 17.2 Å². The van der Waals surface area contributed by atoms with Crippen molar-refractivity contribution in [2.75, 3.05) is 0 Å². The summed E-state index contributed by atoms with van der Waals surface area (Å²) in [7, 11) is 0. The summed E-state index contributed by atoms with van der Waals surface area (Å²) in [5.74, 6) is -1.43. The molecule has 6 heteroatoms. The average Bonchev–Trinajstić information content (AvgIpc) is 2.40. The largest absolute Gasteiger partial charge is 0.306 e. The van der Waals surface area contributed by atoms with E-state index in [1.807, 2.05) is 13.8 Å². The number of nitrogens with zero attached hydrogens (tertiary/aromatic N) is 2. The van der Waals surface area contributed by atoms with E-state index in [1.54, 1.807) is 12.3 Å². The summed E-state index contributed by atoms with van der Waals surface area (Å²) in [4.78, 5) is 22.9. The van der Waals surface area contributed by atoms with E-state index in [9.17, 15) is 13.6 Å². The van der Waals surface area contributed by atoms with E-state index >= 15 is 0 Å².